The van der Waals surface area contributed by atoms with E-state index in [0.29, 0.717) is 18.4 Å². The zero-order valence-electron chi connectivity index (χ0n) is 38.5. The fourth-order valence-corrected chi connectivity index (χ4v) is 8.46. The molecule has 0 unspecified atom stereocenters. The van der Waals surface area contributed by atoms with Crippen LogP contribution in [0.2, 0.25) is 0 Å². The molecule has 0 N–H and O–H groups in total. The smallest absolute Gasteiger partial charge is 0.334 e. The van der Waals surface area contributed by atoms with E-state index < -0.39 is 55.2 Å². The normalized spacial score (nSPS) is 40.4. The lowest BCUT2D eigenvalue weighted by Gasteiger charge is -2.51. The van der Waals surface area contributed by atoms with Crippen molar-refractivity contribution in [2.24, 2.45) is 23.7 Å². The number of hydrogen-bond acceptors (Lipinski definition) is 11. The van der Waals surface area contributed by atoms with Gasteiger partial charge in [0.05, 0.1) is 18.3 Å². The van der Waals surface area contributed by atoms with Crippen LogP contribution < -0.4 is 0 Å². The van der Waals surface area contributed by atoms with E-state index in [2.05, 4.69) is 84.6 Å². The minimum absolute atomic E-state index is 0.0785. The van der Waals surface area contributed by atoms with Gasteiger partial charge in [-0.25, -0.2) is 4.79 Å². The van der Waals surface area contributed by atoms with E-state index in [-0.39, 0.29) is 47.9 Å². The lowest BCUT2D eigenvalue weighted by molar-refractivity contribution is -0.346. The van der Waals surface area contributed by atoms with Crippen LogP contribution in [0.25, 0.3) is 0 Å². The molecule has 14 atom stereocenters. The van der Waals surface area contributed by atoms with E-state index in [1.165, 1.54) is 12.5 Å². The van der Waals surface area contributed by atoms with Crippen molar-refractivity contribution in [1.82, 2.24) is 4.90 Å². The molecule has 2 fully saturated rings. The Labute approximate surface area is 350 Å². The molecule has 0 aromatic carbocycles. The first-order chi connectivity index (χ1) is 27.4. The summed E-state index contributed by atoms with van der Waals surface area (Å²) in [6.45, 7) is 24.5. The average Bonchev–Trinajstić information content (AvgIpc) is 3.15. The summed E-state index contributed by atoms with van der Waals surface area (Å²) in [5.41, 5.74) is 4.13. The second-order valence-corrected chi connectivity index (χ2v) is 17.2. The predicted molar refractivity (Wildman–Crippen MR) is 228 cm³/mol. The molecule has 0 aromatic heterocycles. The summed E-state index contributed by atoms with van der Waals surface area (Å²) in [5.74, 6) is -0.293. The summed E-state index contributed by atoms with van der Waals surface area (Å²) < 4.78 is 50.6. The molecular formula is C47H77NO10. The number of nitrogens with zero attached hydrogens (tertiary/aromatic N) is 1. The van der Waals surface area contributed by atoms with Gasteiger partial charge in [0, 0.05) is 51.0 Å². The van der Waals surface area contributed by atoms with Gasteiger partial charge in [-0.05, 0) is 85.4 Å². The molecule has 0 amide bonds. The van der Waals surface area contributed by atoms with Gasteiger partial charge in [0.25, 0.3) is 0 Å². The third kappa shape index (κ3) is 13.2. The van der Waals surface area contributed by atoms with Crippen molar-refractivity contribution in [3.63, 3.8) is 0 Å². The van der Waals surface area contributed by atoms with Gasteiger partial charge in [0.2, 0.25) is 0 Å². The van der Waals surface area contributed by atoms with Gasteiger partial charge >= 0.3 is 11.9 Å². The highest BCUT2D eigenvalue weighted by Crippen LogP contribution is 2.38. The molecule has 2 saturated heterocycles. The number of allylic oxidation sites excluding steroid dienone is 6. The summed E-state index contributed by atoms with van der Waals surface area (Å²) in [5, 5.41) is 0. The molecule has 0 spiro atoms. The summed E-state index contributed by atoms with van der Waals surface area (Å²) in [6, 6.07) is -0.135. The fourth-order valence-electron chi connectivity index (χ4n) is 8.46. The average molecular weight is 816 g/mol. The quantitative estimate of drug-likeness (QED) is 0.148. The Hall–Kier alpha value is -2.64. The molecule has 330 valence electrons. The first-order valence-electron chi connectivity index (χ1n) is 21.5. The van der Waals surface area contributed by atoms with Gasteiger partial charge in [-0.15, -0.1) is 0 Å². The van der Waals surface area contributed by atoms with Crippen molar-refractivity contribution in [2.75, 3.05) is 28.3 Å². The predicted octanol–water partition coefficient (Wildman–Crippen LogP) is 8.53. The molecule has 11 heteroatoms. The Balaban J connectivity index is 2.01. The standard InChI is InChI=1S/C47H77NO10/c1-17-36-22-20-19-21-29(6)30(7)26-37(18-2)40(31(8)25-28(5)23-24-38(27(3)4)56-45(36)50)57-46-32(9)39(48(13)14)41(33(10)53-46)58-47-44(52-16)43(55-35(12)49)42(51-15)34(11)54-47/h19-20,22-23,25-27,29,32-34,37-44,46-47H,17-18,21,24H2,1-16H3/b20-19+,28-23+,30-26+,31-25+,36-22+/t29-,32+,33+,34+,37-,38-,39+,40-,41+,42+,43-,44+,46-,47-/m0/s1. The second kappa shape index (κ2) is 23.4. The molecule has 3 heterocycles. The molecule has 58 heavy (non-hydrogen) atoms. The summed E-state index contributed by atoms with van der Waals surface area (Å²) in [4.78, 5) is 27.5. The highest BCUT2D eigenvalue weighted by Gasteiger charge is 2.52. The number of esters is 2. The number of rotatable bonds is 11. The number of carbonyl (C=O) groups is 2. The Morgan fingerprint density at radius 1 is 0.879 bits per heavy atom. The topological polar surface area (TPSA) is 111 Å². The van der Waals surface area contributed by atoms with Crippen LogP contribution in [-0.2, 0) is 47.5 Å². The van der Waals surface area contributed by atoms with Crippen molar-refractivity contribution >= 4 is 11.9 Å². The number of carbonyl (C=O) groups excluding carboxylic acids is 2. The molecule has 0 saturated carbocycles. The number of methoxy groups -OCH3 is 2. The maximum atomic E-state index is 13.2. The zero-order valence-corrected chi connectivity index (χ0v) is 38.5. The molecule has 3 rings (SSSR count). The molecule has 3 aliphatic heterocycles. The summed E-state index contributed by atoms with van der Waals surface area (Å²) >= 11 is 0. The molecule has 0 bridgehead atoms. The summed E-state index contributed by atoms with van der Waals surface area (Å²) in [7, 11) is 7.21. The van der Waals surface area contributed by atoms with Gasteiger partial charge in [-0.1, -0.05) is 89.1 Å². The highest BCUT2D eigenvalue weighted by atomic mass is 16.7. The number of hydrogen-bond donors (Lipinski definition) is 0. The monoisotopic (exact) mass is 816 g/mol. The van der Waals surface area contributed by atoms with Gasteiger partial charge in [0.1, 0.15) is 24.4 Å². The lowest BCUT2D eigenvalue weighted by atomic mass is 9.86. The van der Waals surface area contributed by atoms with E-state index in [1.54, 1.807) is 14.2 Å². The Bertz CT molecular complexity index is 1480. The van der Waals surface area contributed by atoms with Crippen molar-refractivity contribution in [1.29, 1.82) is 0 Å². The number of cyclic esters (lactones) is 1. The van der Waals surface area contributed by atoms with Crippen LogP contribution in [-0.4, -0.2) is 113 Å². The first-order valence-corrected chi connectivity index (χ1v) is 21.5. The highest BCUT2D eigenvalue weighted by molar-refractivity contribution is 5.88. The third-order valence-electron chi connectivity index (χ3n) is 12.1. The minimum Gasteiger partial charge on any atom is -0.458 e. The van der Waals surface area contributed by atoms with E-state index in [1.807, 2.05) is 47.0 Å². The van der Waals surface area contributed by atoms with Gasteiger partial charge in [0.15, 0.2) is 18.7 Å². The Morgan fingerprint density at radius 3 is 2.09 bits per heavy atom. The van der Waals surface area contributed by atoms with E-state index in [0.717, 1.165) is 24.0 Å². The van der Waals surface area contributed by atoms with Gasteiger partial charge in [-0.3, -0.25) is 4.79 Å². The van der Waals surface area contributed by atoms with Crippen LogP contribution in [0.15, 0.2) is 58.7 Å². The molecule has 0 aromatic rings. The van der Waals surface area contributed by atoms with Gasteiger partial charge < -0.3 is 42.8 Å². The molecular weight excluding hydrogens is 739 g/mol. The molecule has 11 nitrogen and oxygen atoms in total. The minimum atomic E-state index is -0.849. The van der Waals surface area contributed by atoms with Crippen molar-refractivity contribution < 1.29 is 47.5 Å². The van der Waals surface area contributed by atoms with Crippen molar-refractivity contribution in [2.45, 2.75) is 176 Å². The van der Waals surface area contributed by atoms with Crippen LogP contribution in [0.5, 0.6) is 0 Å². The fraction of sp³-hybridized carbons (Fsp3) is 0.745. The third-order valence-corrected chi connectivity index (χ3v) is 12.1. The van der Waals surface area contributed by atoms with Crippen LogP contribution in [0, 0.1) is 23.7 Å². The lowest BCUT2D eigenvalue weighted by Crippen LogP contribution is -2.65. The van der Waals surface area contributed by atoms with Crippen LogP contribution in [0.4, 0.5) is 0 Å². The van der Waals surface area contributed by atoms with Crippen LogP contribution in [0.1, 0.15) is 109 Å². The van der Waals surface area contributed by atoms with Crippen LogP contribution in [0.3, 0.4) is 0 Å². The van der Waals surface area contributed by atoms with E-state index in [4.69, 9.17) is 37.9 Å². The van der Waals surface area contributed by atoms with Gasteiger partial charge in [-0.2, -0.15) is 0 Å². The maximum absolute atomic E-state index is 13.2. The largest absolute Gasteiger partial charge is 0.458 e. The summed E-state index contributed by atoms with van der Waals surface area (Å²) in [6.07, 6.45) is 10.5. The maximum Gasteiger partial charge on any atom is 0.334 e. The van der Waals surface area contributed by atoms with E-state index >= 15 is 0 Å². The Morgan fingerprint density at radius 2 is 1.52 bits per heavy atom. The molecule has 0 aliphatic carbocycles. The zero-order chi connectivity index (χ0) is 43.4. The van der Waals surface area contributed by atoms with Crippen molar-refractivity contribution in [3.8, 4) is 0 Å². The number of likely N-dealkylation sites (N-methyl/N-ethyl adjacent to an activating group) is 1. The second-order valence-electron chi connectivity index (χ2n) is 17.2. The first kappa shape index (κ1) is 49.7. The van der Waals surface area contributed by atoms with Crippen molar-refractivity contribution in [3.05, 3.63) is 58.7 Å². The molecule has 3 aliphatic rings. The Kier molecular flexibility index (Phi) is 20.0. The number of ether oxygens (including phenoxy) is 8. The SMILES string of the molecule is CC/C1=C\C=C\C[C@H](C)/C(C)=C/[C@H](CC)[C@@H](O[C@@H]2O[C@H](C)[C@@H](O[C@@H]3O[C@H](C)[C@@H](OC)[C@H](OC(C)=O)[C@H]3OC)[C@H](N(C)C)[C@H]2C)/C(C)=C/C(C)=C/C[C@@H](C(C)C)OC1=O. The van der Waals surface area contributed by atoms with Crippen LogP contribution >= 0.6 is 0 Å². The molecule has 0 radical (unpaired) electrons. The van der Waals surface area contributed by atoms with E-state index in [9.17, 15) is 9.59 Å².